The molecule has 0 fully saturated rings. The maximum Gasteiger partial charge on any atom is 0.277 e. The third-order valence-electron chi connectivity index (χ3n) is 2.57. The molecule has 0 saturated carbocycles. The summed E-state index contributed by atoms with van der Waals surface area (Å²) in [6, 6.07) is 5.10. The summed E-state index contributed by atoms with van der Waals surface area (Å²) in [7, 11) is 1.77. The van der Waals surface area contributed by atoms with E-state index in [9.17, 15) is 4.79 Å². The van der Waals surface area contributed by atoms with Gasteiger partial charge in [-0.3, -0.25) is 9.48 Å². The van der Waals surface area contributed by atoms with Gasteiger partial charge in [0, 0.05) is 25.9 Å². The van der Waals surface area contributed by atoms with Gasteiger partial charge < -0.3 is 10.6 Å². The van der Waals surface area contributed by atoms with Crippen LogP contribution in [-0.4, -0.2) is 27.2 Å². The fraction of sp³-hybridized carbons (Fsp3) is 0.308. The number of halogens is 1. The zero-order chi connectivity index (χ0) is 14.5. The first-order chi connectivity index (χ1) is 9.60. The largest absolute Gasteiger partial charge is 0.370 e. The Bertz CT molecular complexity index is 611. The molecule has 0 aliphatic heterocycles. The van der Waals surface area contributed by atoms with Crippen LogP contribution in [0, 0.1) is 0 Å². The Morgan fingerprint density at radius 2 is 2.15 bits per heavy atom. The first-order valence-corrected chi connectivity index (χ1v) is 6.69. The van der Waals surface area contributed by atoms with Gasteiger partial charge >= 0.3 is 0 Å². The molecule has 0 bridgehead atoms. The molecular weight excluding hydrogens is 278 g/mol. The van der Waals surface area contributed by atoms with Crippen molar-refractivity contribution in [2.24, 2.45) is 7.05 Å². The van der Waals surface area contributed by atoms with E-state index in [-0.39, 0.29) is 11.6 Å². The van der Waals surface area contributed by atoms with Gasteiger partial charge in [0.05, 0.1) is 5.02 Å². The molecule has 20 heavy (non-hydrogen) atoms. The van der Waals surface area contributed by atoms with E-state index >= 15 is 0 Å². The van der Waals surface area contributed by atoms with Crippen molar-refractivity contribution in [3.8, 4) is 0 Å². The molecule has 2 N–H and O–H groups in total. The van der Waals surface area contributed by atoms with Gasteiger partial charge in [-0.2, -0.15) is 5.10 Å². The topological polar surface area (TPSA) is 71.8 Å². The summed E-state index contributed by atoms with van der Waals surface area (Å²) >= 11 is 6.02. The summed E-state index contributed by atoms with van der Waals surface area (Å²) in [5.74, 6) is 0.707. The van der Waals surface area contributed by atoms with Gasteiger partial charge in [0.15, 0.2) is 5.82 Å². The number of carbonyl (C=O) groups excluding carboxylic acids is 1. The van der Waals surface area contributed by atoms with Crippen LogP contribution in [0.2, 0.25) is 5.02 Å². The molecule has 1 amide bonds. The fourth-order valence-corrected chi connectivity index (χ4v) is 1.80. The lowest BCUT2D eigenvalue weighted by molar-refractivity contribution is 0.102. The van der Waals surface area contributed by atoms with Gasteiger partial charge in [-0.25, -0.2) is 4.98 Å². The molecule has 2 aromatic rings. The second kappa shape index (κ2) is 6.38. The smallest absolute Gasteiger partial charge is 0.277 e. The van der Waals surface area contributed by atoms with Crippen molar-refractivity contribution in [2.45, 2.75) is 13.3 Å². The number of anilines is 2. The molecule has 0 aliphatic rings. The lowest BCUT2D eigenvalue weighted by atomic mass is 10.3. The molecule has 0 unspecified atom stereocenters. The molecule has 0 aliphatic carbocycles. The Morgan fingerprint density at radius 1 is 1.35 bits per heavy atom. The number of carbonyl (C=O) groups is 1. The van der Waals surface area contributed by atoms with Crippen LogP contribution in [0.3, 0.4) is 0 Å². The van der Waals surface area contributed by atoms with Crippen LogP contribution in [0.4, 0.5) is 11.6 Å². The molecule has 2 heterocycles. The summed E-state index contributed by atoms with van der Waals surface area (Å²) in [6.45, 7) is 2.84. The van der Waals surface area contributed by atoms with Gasteiger partial charge in [-0.15, -0.1) is 0 Å². The highest BCUT2D eigenvalue weighted by Gasteiger charge is 2.14. The molecule has 7 heteroatoms. The van der Waals surface area contributed by atoms with Crippen LogP contribution in [-0.2, 0) is 7.05 Å². The molecule has 0 radical (unpaired) electrons. The molecule has 106 valence electrons. The van der Waals surface area contributed by atoms with Crippen molar-refractivity contribution < 1.29 is 4.79 Å². The average Bonchev–Trinajstić information content (AvgIpc) is 2.83. The summed E-state index contributed by atoms with van der Waals surface area (Å²) in [4.78, 5) is 16.4. The number of pyridine rings is 1. The SMILES string of the molecule is CCCNc1ccc(Cl)c(C(=O)Nc2ccn(C)n2)n1. The van der Waals surface area contributed by atoms with E-state index in [4.69, 9.17) is 11.6 Å². The Kier molecular flexibility index (Phi) is 4.57. The van der Waals surface area contributed by atoms with Crippen molar-refractivity contribution in [2.75, 3.05) is 17.2 Å². The van der Waals surface area contributed by atoms with E-state index in [0.717, 1.165) is 13.0 Å². The van der Waals surface area contributed by atoms with Gasteiger partial charge in [0.2, 0.25) is 0 Å². The number of aryl methyl sites for hydroxylation is 1. The van der Waals surface area contributed by atoms with Gasteiger partial charge in [-0.1, -0.05) is 18.5 Å². The molecule has 2 rings (SSSR count). The lowest BCUT2D eigenvalue weighted by Gasteiger charge is -2.08. The van der Waals surface area contributed by atoms with Crippen molar-refractivity contribution in [3.05, 3.63) is 35.1 Å². The average molecular weight is 294 g/mol. The number of amides is 1. The monoisotopic (exact) mass is 293 g/mol. The molecule has 2 aromatic heterocycles. The predicted octanol–water partition coefficient (Wildman–Crippen LogP) is 2.54. The predicted molar refractivity (Wildman–Crippen MR) is 79.2 cm³/mol. The molecule has 0 atom stereocenters. The number of nitrogens with one attached hydrogen (secondary N) is 2. The third kappa shape index (κ3) is 3.48. The van der Waals surface area contributed by atoms with E-state index in [2.05, 4.69) is 27.6 Å². The van der Waals surface area contributed by atoms with Crippen molar-refractivity contribution >= 4 is 29.1 Å². The zero-order valence-electron chi connectivity index (χ0n) is 11.4. The maximum atomic E-state index is 12.1. The van der Waals surface area contributed by atoms with Crippen LogP contribution >= 0.6 is 11.6 Å². The highest BCUT2D eigenvalue weighted by molar-refractivity contribution is 6.34. The first-order valence-electron chi connectivity index (χ1n) is 6.31. The lowest BCUT2D eigenvalue weighted by Crippen LogP contribution is -2.16. The van der Waals surface area contributed by atoms with Crippen molar-refractivity contribution in [1.29, 1.82) is 0 Å². The van der Waals surface area contributed by atoms with Crippen LogP contribution in [0.5, 0.6) is 0 Å². The molecular formula is C13H16ClN5O. The normalized spacial score (nSPS) is 10.3. The minimum Gasteiger partial charge on any atom is -0.370 e. The second-order valence-electron chi connectivity index (χ2n) is 4.28. The molecule has 6 nitrogen and oxygen atoms in total. The number of hydrogen-bond acceptors (Lipinski definition) is 4. The van der Waals surface area contributed by atoms with E-state index < -0.39 is 0 Å². The van der Waals surface area contributed by atoms with E-state index in [1.54, 1.807) is 36.1 Å². The third-order valence-corrected chi connectivity index (χ3v) is 2.88. The Balaban J connectivity index is 2.15. The van der Waals surface area contributed by atoms with Crippen LogP contribution in [0.15, 0.2) is 24.4 Å². The standard InChI is InChI=1S/C13H16ClN5O/c1-3-7-15-10-5-4-9(14)12(16-10)13(20)17-11-6-8-19(2)18-11/h4-6,8H,3,7H2,1-2H3,(H,15,16)(H,17,18,20). The molecule has 0 spiro atoms. The van der Waals surface area contributed by atoms with Crippen LogP contribution < -0.4 is 10.6 Å². The molecule has 0 saturated heterocycles. The van der Waals surface area contributed by atoms with Crippen molar-refractivity contribution in [1.82, 2.24) is 14.8 Å². The minimum absolute atomic E-state index is 0.179. The quantitative estimate of drug-likeness (QED) is 0.888. The van der Waals surface area contributed by atoms with Crippen LogP contribution in [0.1, 0.15) is 23.8 Å². The van der Waals surface area contributed by atoms with E-state index in [1.165, 1.54) is 0 Å². The highest BCUT2D eigenvalue weighted by Crippen LogP contribution is 2.18. The summed E-state index contributed by atoms with van der Waals surface area (Å²) < 4.78 is 1.60. The molecule has 0 aromatic carbocycles. The Labute approximate surface area is 122 Å². The summed E-state index contributed by atoms with van der Waals surface area (Å²) in [5, 5.41) is 10.2. The maximum absolute atomic E-state index is 12.1. The zero-order valence-corrected chi connectivity index (χ0v) is 12.1. The number of nitrogens with zero attached hydrogens (tertiary/aromatic N) is 3. The van der Waals surface area contributed by atoms with E-state index in [0.29, 0.717) is 16.7 Å². The van der Waals surface area contributed by atoms with Crippen LogP contribution in [0.25, 0.3) is 0 Å². The Morgan fingerprint density at radius 3 is 2.80 bits per heavy atom. The van der Waals surface area contributed by atoms with Gasteiger partial charge in [0.25, 0.3) is 5.91 Å². The summed E-state index contributed by atoms with van der Waals surface area (Å²) in [5.41, 5.74) is 0.179. The second-order valence-corrected chi connectivity index (χ2v) is 4.69. The summed E-state index contributed by atoms with van der Waals surface area (Å²) in [6.07, 6.45) is 2.71. The number of hydrogen-bond donors (Lipinski definition) is 2. The number of aromatic nitrogens is 3. The number of rotatable bonds is 5. The van der Waals surface area contributed by atoms with Gasteiger partial charge in [-0.05, 0) is 18.6 Å². The fourth-order valence-electron chi connectivity index (χ4n) is 1.61. The Hall–Kier alpha value is -2.08. The first kappa shape index (κ1) is 14.3. The van der Waals surface area contributed by atoms with Gasteiger partial charge in [0.1, 0.15) is 11.5 Å². The van der Waals surface area contributed by atoms with E-state index in [1.807, 2.05) is 0 Å². The van der Waals surface area contributed by atoms with Crippen molar-refractivity contribution in [3.63, 3.8) is 0 Å². The highest BCUT2D eigenvalue weighted by atomic mass is 35.5. The minimum atomic E-state index is -0.381.